The topological polar surface area (TPSA) is 137 Å². The molecule has 0 bridgehead atoms. The van der Waals surface area contributed by atoms with E-state index in [0.29, 0.717) is 35.7 Å². The molecule has 0 spiro atoms. The van der Waals surface area contributed by atoms with Crippen LogP contribution in [0.15, 0.2) is 48.5 Å². The van der Waals surface area contributed by atoms with Gasteiger partial charge in [0.05, 0.1) is 30.8 Å². The molecular formula is C26H30N2O8. The predicted molar refractivity (Wildman–Crippen MR) is 131 cm³/mol. The maximum atomic E-state index is 12.1. The van der Waals surface area contributed by atoms with Crippen LogP contribution in [0, 0.1) is 0 Å². The van der Waals surface area contributed by atoms with Crippen molar-refractivity contribution in [3.05, 3.63) is 59.7 Å². The molecule has 10 heteroatoms. The first kappa shape index (κ1) is 28.0. The van der Waals surface area contributed by atoms with Crippen molar-refractivity contribution >= 4 is 41.1 Å². The third kappa shape index (κ3) is 9.96. The summed E-state index contributed by atoms with van der Waals surface area (Å²) < 4.78 is 15.0. The number of anilines is 2. The van der Waals surface area contributed by atoms with E-state index in [9.17, 15) is 24.0 Å². The molecule has 0 aliphatic heterocycles. The van der Waals surface area contributed by atoms with Gasteiger partial charge in [-0.2, -0.15) is 0 Å². The van der Waals surface area contributed by atoms with E-state index in [-0.39, 0.29) is 12.8 Å². The zero-order valence-electron chi connectivity index (χ0n) is 20.3. The summed E-state index contributed by atoms with van der Waals surface area (Å²) >= 11 is 0. The Bertz CT molecular complexity index is 965. The maximum absolute atomic E-state index is 12.1. The van der Waals surface area contributed by atoms with Gasteiger partial charge in [-0.15, -0.1) is 0 Å². The number of rotatable bonds is 13. The van der Waals surface area contributed by atoms with Gasteiger partial charge >= 0.3 is 17.9 Å². The van der Waals surface area contributed by atoms with Crippen LogP contribution in [-0.2, 0) is 28.6 Å². The Labute approximate surface area is 209 Å². The molecule has 192 valence electrons. The van der Waals surface area contributed by atoms with E-state index in [2.05, 4.69) is 10.6 Å². The minimum Gasteiger partial charge on any atom is -0.462 e. The van der Waals surface area contributed by atoms with Crippen LogP contribution in [0.4, 0.5) is 11.4 Å². The fourth-order valence-electron chi connectivity index (χ4n) is 2.79. The average molecular weight is 499 g/mol. The SMILES string of the molecule is CCCOC(=O)c1ccc(NC(=O)CCC(=O)OCC(=O)Nc2ccc(C(=O)OCCC)cc2)cc1. The molecule has 0 atom stereocenters. The molecule has 10 nitrogen and oxygen atoms in total. The van der Waals surface area contributed by atoms with Gasteiger partial charge in [0.2, 0.25) is 5.91 Å². The summed E-state index contributed by atoms with van der Waals surface area (Å²) in [6.45, 7) is 3.93. The second kappa shape index (κ2) is 14.9. The summed E-state index contributed by atoms with van der Waals surface area (Å²) in [6.07, 6.45) is 1.08. The third-order valence-electron chi connectivity index (χ3n) is 4.60. The van der Waals surface area contributed by atoms with Crippen molar-refractivity contribution in [1.29, 1.82) is 0 Å². The van der Waals surface area contributed by atoms with Crippen LogP contribution in [0.25, 0.3) is 0 Å². The molecule has 0 saturated heterocycles. The first-order valence-corrected chi connectivity index (χ1v) is 11.6. The fourth-order valence-corrected chi connectivity index (χ4v) is 2.79. The van der Waals surface area contributed by atoms with Crippen molar-refractivity contribution in [1.82, 2.24) is 0 Å². The molecule has 2 N–H and O–H groups in total. The van der Waals surface area contributed by atoms with Crippen molar-refractivity contribution in [2.75, 3.05) is 30.5 Å². The standard InChI is InChI=1S/C26H30N2O8/c1-3-15-34-25(32)18-5-9-20(10-6-18)27-22(29)13-14-24(31)36-17-23(30)28-21-11-7-19(8-12-21)26(33)35-16-4-2/h5-12H,3-4,13-17H2,1-2H3,(H,27,29)(H,28,30). The molecule has 0 unspecified atom stereocenters. The van der Waals surface area contributed by atoms with Crippen LogP contribution in [0.3, 0.4) is 0 Å². The molecule has 0 radical (unpaired) electrons. The number of carbonyl (C=O) groups excluding carboxylic acids is 5. The van der Waals surface area contributed by atoms with Crippen molar-refractivity contribution in [2.24, 2.45) is 0 Å². The van der Waals surface area contributed by atoms with Crippen LogP contribution in [0.5, 0.6) is 0 Å². The van der Waals surface area contributed by atoms with Crippen LogP contribution < -0.4 is 10.6 Å². The second-order valence-electron chi connectivity index (χ2n) is 7.68. The summed E-state index contributed by atoms with van der Waals surface area (Å²) in [5, 5.41) is 5.16. The minimum atomic E-state index is -0.705. The summed E-state index contributed by atoms with van der Waals surface area (Å²) in [4.78, 5) is 59.5. The molecule has 0 saturated carbocycles. The molecule has 0 fully saturated rings. The largest absolute Gasteiger partial charge is 0.462 e. The number of benzene rings is 2. The maximum Gasteiger partial charge on any atom is 0.338 e. The Balaban J connectivity index is 1.68. The molecule has 2 aromatic rings. The van der Waals surface area contributed by atoms with E-state index in [0.717, 1.165) is 12.8 Å². The quantitative estimate of drug-likeness (QED) is 0.315. The van der Waals surface area contributed by atoms with E-state index in [1.54, 1.807) is 12.1 Å². The summed E-state index contributed by atoms with van der Waals surface area (Å²) in [7, 11) is 0. The van der Waals surface area contributed by atoms with Crippen molar-refractivity contribution in [3.8, 4) is 0 Å². The number of carbonyl (C=O) groups is 5. The highest BCUT2D eigenvalue weighted by Gasteiger charge is 2.13. The molecule has 36 heavy (non-hydrogen) atoms. The summed E-state index contributed by atoms with van der Waals surface area (Å²) in [5.41, 5.74) is 1.61. The number of hydrogen-bond donors (Lipinski definition) is 2. The number of ether oxygens (including phenoxy) is 3. The van der Waals surface area contributed by atoms with Gasteiger partial charge < -0.3 is 24.8 Å². The van der Waals surface area contributed by atoms with Crippen LogP contribution >= 0.6 is 0 Å². The fraction of sp³-hybridized carbons (Fsp3) is 0.346. The van der Waals surface area contributed by atoms with Gasteiger partial charge in [-0.1, -0.05) is 13.8 Å². The summed E-state index contributed by atoms with van der Waals surface area (Å²) in [6, 6.07) is 12.3. The van der Waals surface area contributed by atoms with Crippen molar-refractivity contribution in [3.63, 3.8) is 0 Å². The molecular weight excluding hydrogens is 468 g/mol. The monoisotopic (exact) mass is 498 g/mol. The highest BCUT2D eigenvalue weighted by molar-refractivity contribution is 5.96. The lowest BCUT2D eigenvalue weighted by Crippen LogP contribution is -2.21. The third-order valence-corrected chi connectivity index (χ3v) is 4.60. The van der Waals surface area contributed by atoms with Crippen molar-refractivity contribution in [2.45, 2.75) is 39.5 Å². The van der Waals surface area contributed by atoms with Crippen LogP contribution in [-0.4, -0.2) is 49.5 Å². The van der Waals surface area contributed by atoms with Gasteiger partial charge in [0.15, 0.2) is 6.61 Å². The molecule has 0 aromatic heterocycles. The van der Waals surface area contributed by atoms with E-state index in [4.69, 9.17) is 14.2 Å². The smallest absolute Gasteiger partial charge is 0.338 e. The summed E-state index contributed by atoms with van der Waals surface area (Å²) in [5.74, 6) is -2.58. The molecule has 2 amide bonds. The van der Waals surface area contributed by atoms with E-state index in [1.165, 1.54) is 36.4 Å². The van der Waals surface area contributed by atoms with Crippen LogP contribution in [0.1, 0.15) is 60.2 Å². The van der Waals surface area contributed by atoms with E-state index >= 15 is 0 Å². The lowest BCUT2D eigenvalue weighted by Gasteiger charge is -2.08. The predicted octanol–water partition coefficient (Wildman–Crippen LogP) is 3.72. The number of amides is 2. The Morgan fingerprint density at radius 3 is 1.50 bits per heavy atom. The molecule has 0 aliphatic carbocycles. The number of hydrogen-bond acceptors (Lipinski definition) is 8. The molecule has 2 rings (SSSR count). The Morgan fingerprint density at radius 2 is 1.06 bits per heavy atom. The highest BCUT2D eigenvalue weighted by atomic mass is 16.5. The normalized spacial score (nSPS) is 10.2. The van der Waals surface area contributed by atoms with Gasteiger partial charge in [-0.05, 0) is 61.4 Å². The van der Waals surface area contributed by atoms with E-state index in [1.807, 2.05) is 13.8 Å². The van der Waals surface area contributed by atoms with Gasteiger partial charge in [-0.25, -0.2) is 9.59 Å². The second-order valence-corrected chi connectivity index (χ2v) is 7.68. The minimum absolute atomic E-state index is 0.143. The Morgan fingerprint density at radius 1 is 0.611 bits per heavy atom. The Kier molecular flexibility index (Phi) is 11.6. The van der Waals surface area contributed by atoms with Crippen LogP contribution in [0.2, 0.25) is 0 Å². The van der Waals surface area contributed by atoms with Gasteiger partial charge in [0.25, 0.3) is 5.91 Å². The zero-order chi connectivity index (χ0) is 26.3. The van der Waals surface area contributed by atoms with Gasteiger partial charge in [0.1, 0.15) is 0 Å². The van der Waals surface area contributed by atoms with Gasteiger partial charge in [0, 0.05) is 17.8 Å². The average Bonchev–Trinajstić information content (AvgIpc) is 2.88. The number of nitrogens with one attached hydrogen (secondary N) is 2. The first-order valence-electron chi connectivity index (χ1n) is 11.6. The first-order chi connectivity index (χ1) is 17.3. The lowest BCUT2D eigenvalue weighted by atomic mass is 10.2. The van der Waals surface area contributed by atoms with E-state index < -0.39 is 36.3 Å². The molecule has 0 heterocycles. The van der Waals surface area contributed by atoms with Crippen molar-refractivity contribution < 1.29 is 38.2 Å². The number of esters is 3. The zero-order valence-corrected chi connectivity index (χ0v) is 20.3. The molecule has 2 aromatic carbocycles. The molecule has 0 aliphatic rings. The van der Waals surface area contributed by atoms with Gasteiger partial charge in [-0.3, -0.25) is 14.4 Å². The lowest BCUT2D eigenvalue weighted by molar-refractivity contribution is -0.147. The highest BCUT2D eigenvalue weighted by Crippen LogP contribution is 2.12. The Hall–Kier alpha value is -4.21.